The summed E-state index contributed by atoms with van der Waals surface area (Å²) in [5.74, 6) is 0. The molecule has 0 spiro atoms. The molecule has 9 heteroatoms. The molecule has 1 fully saturated rings. The van der Waals surface area contributed by atoms with Gasteiger partial charge in [0, 0.05) is 24.3 Å². The summed E-state index contributed by atoms with van der Waals surface area (Å²) >= 11 is 1.46. The monoisotopic (exact) mass is 441 g/mol. The van der Waals surface area contributed by atoms with Crippen LogP contribution in [-0.4, -0.2) is 27.6 Å². The molecule has 0 aliphatic heterocycles. The highest BCUT2D eigenvalue weighted by Crippen LogP contribution is 2.27. The first kappa shape index (κ1) is 21.3. The number of nitrogens with zero attached hydrogens (tertiary/aromatic N) is 2. The Kier molecular flexibility index (Phi) is 6.50. The first-order chi connectivity index (χ1) is 15.1. The number of benzene rings is 1. The van der Waals surface area contributed by atoms with Gasteiger partial charge in [0.15, 0.2) is 5.13 Å². The fourth-order valence-electron chi connectivity index (χ4n) is 4.30. The molecule has 0 bridgehead atoms. The van der Waals surface area contributed by atoms with E-state index < -0.39 is 0 Å². The average Bonchev–Trinajstić information content (AvgIpc) is 3.41. The summed E-state index contributed by atoms with van der Waals surface area (Å²) in [5.41, 5.74) is 2.43. The van der Waals surface area contributed by atoms with Crippen LogP contribution in [0.25, 0.3) is 10.2 Å². The van der Waals surface area contributed by atoms with E-state index in [4.69, 9.17) is 0 Å². The minimum absolute atomic E-state index is 0.0202. The molecule has 8 nitrogen and oxygen atoms in total. The van der Waals surface area contributed by atoms with Crippen molar-refractivity contribution >= 4 is 32.7 Å². The van der Waals surface area contributed by atoms with E-state index in [1.165, 1.54) is 22.3 Å². The van der Waals surface area contributed by atoms with E-state index in [1.807, 2.05) is 24.3 Å². The standard InChI is InChI=1S/C13H18N2O2.C9H9N3OS/c16-12-10-7-4-8-11(10)14-13(17)15(12)9-5-2-1-3-6-9;1-10-8(13)12-9-11-6-4-2-3-5-7(6)14-9/h9H,1-8H2,(H,14,17);2-5H,1H3,(H2,10,11,12,13). The van der Waals surface area contributed by atoms with Gasteiger partial charge in [0.1, 0.15) is 0 Å². The van der Waals surface area contributed by atoms with Crippen molar-refractivity contribution in [3.05, 3.63) is 56.4 Å². The van der Waals surface area contributed by atoms with E-state index >= 15 is 0 Å². The number of carbonyl (C=O) groups is 1. The Morgan fingerprint density at radius 1 is 1.13 bits per heavy atom. The van der Waals surface area contributed by atoms with Crippen molar-refractivity contribution in [1.29, 1.82) is 0 Å². The van der Waals surface area contributed by atoms with Crippen molar-refractivity contribution in [2.45, 2.75) is 57.4 Å². The number of aryl methyl sites for hydroxylation is 1. The van der Waals surface area contributed by atoms with Crippen molar-refractivity contribution in [1.82, 2.24) is 19.9 Å². The number of aromatic nitrogens is 3. The van der Waals surface area contributed by atoms with Gasteiger partial charge < -0.3 is 10.3 Å². The van der Waals surface area contributed by atoms with Crippen LogP contribution in [0.3, 0.4) is 0 Å². The number of urea groups is 1. The molecule has 0 saturated heterocycles. The zero-order chi connectivity index (χ0) is 21.8. The molecule has 2 aliphatic rings. The highest BCUT2D eigenvalue weighted by molar-refractivity contribution is 7.22. The second-order valence-corrected chi connectivity index (χ2v) is 8.93. The second-order valence-electron chi connectivity index (χ2n) is 7.90. The molecule has 1 saturated carbocycles. The molecule has 2 aromatic heterocycles. The summed E-state index contributed by atoms with van der Waals surface area (Å²) in [6.07, 6.45) is 8.12. The average molecular weight is 442 g/mol. The molecular formula is C22H27N5O3S. The van der Waals surface area contributed by atoms with Crippen LogP contribution in [-0.2, 0) is 12.8 Å². The van der Waals surface area contributed by atoms with Crippen LogP contribution in [0.1, 0.15) is 55.8 Å². The fraction of sp³-hybridized carbons (Fsp3) is 0.455. The topological polar surface area (TPSA) is 109 Å². The summed E-state index contributed by atoms with van der Waals surface area (Å²) in [4.78, 5) is 42.5. The van der Waals surface area contributed by atoms with Crippen LogP contribution in [0.4, 0.5) is 9.93 Å². The number of rotatable bonds is 2. The summed E-state index contributed by atoms with van der Waals surface area (Å²) in [6.45, 7) is 0. The van der Waals surface area contributed by atoms with Crippen LogP contribution in [0.2, 0.25) is 0 Å². The molecule has 3 aromatic rings. The van der Waals surface area contributed by atoms with Crippen molar-refractivity contribution in [2.24, 2.45) is 0 Å². The number of anilines is 1. The molecule has 5 rings (SSSR count). The molecule has 164 valence electrons. The first-order valence-electron chi connectivity index (χ1n) is 10.8. The number of para-hydroxylation sites is 1. The van der Waals surface area contributed by atoms with Gasteiger partial charge in [0.25, 0.3) is 5.56 Å². The number of fused-ring (bicyclic) bond motifs is 2. The minimum Gasteiger partial charge on any atom is -0.341 e. The Bertz CT molecular complexity index is 1160. The Labute approximate surface area is 183 Å². The predicted molar refractivity (Wildman–Crippen MR) is 123 cm³/mol. The number of aromatic amines is 1. The molecule has 2 aliphatic carbocycles. The quantitative estimate of drug-likeness (QED) is 0.565. The summed E-state index contributed by atoms with van der Waals surface area (Å²) < 4.78 is 2.56. The lowest BCUT2D eigenvalue weighted by molar-refractivity contribution is 0.254. The maximum atomic E-state index is 12.3. The normalized spacial score (nSPS) is 15.8. The molecule has 1 aromatic carbocycles. The number of carbonyl (C=O) groups excluding carboxylic acids is 1. The van der Waals surface area contributed by atoms with Gasteiger partial charge in [-0.1, -0.05) is 42.7 Å². The number of H-pyrrole nitrogens is 1. The van der Waals surface area contributed by atoms with Crippen LogP contribution >= 0.6 is 11.3 Å². The Hall–Kier alpha value is -2.94. The molecule has 0 unspecified atom stereocenters. The van der Waals surface area contributed by atoms with E-state index in [1.54, 1.807) is 7.05 Å². The van der Waals surface area contributed by atoms with Gasteiger partial charge >= 0.3 is 11.7 Å². The van der Waals surface area contributed by atoms with Crippen molar-refractivity contribution in [3.63, 3.8) is 0 Å². The van der Waals surface area contributed by atoms with E-state index in [0.717, 1.165) is 66.4 Å². The van der Waals surface area contributed by atoms with Gasteiger partial charge in [-0.3, -0.25) is 14.7 Å². The molecule has 2 amide bonds. The maximum absolute atomic E-state index is 12.3. The van der Waals surface area contributed by atoms with E-state index in [2.05, 4.69) is 20.6 Å². The number of hydrogen-bond acceptors (Lipinski definition) is 5. The third-order valence-electron chi connectivity index (χ3n) is 5.85. The van der Waals surface area contributed by atoms with Gasteiger partial charge in [-0.25, -0.2) is 14.6 Å². The first-order valence-corrected chi connectivity index (χ1v) is 11.6. The summed E-state index contributed by atoms with van der Waals surface area (Å²) in [7, 11) is 1.57. The van der Waals surface area contributed by atoms with E-state index in [9.17, 15) is 14.4 Å². The second kappa shape index (κ2) is 9.47. The summed E-state index contributed by atoms with van der Waals surface area (Å²) in [5, 5.41) is 5.73. The molecule has 3 N–H and O–H groups in total. The molecule has 31 heavy (non-hydrogen) atoms. The summed E-state index contributed by atoms with van der Waals surface area (Å²) in [6, 6.07) is 7.65. The zero-order valence-electron chi connectivity index (χ0n) is 17.6. The van der Waals surface area contributed by atoms with Gasteiger partial charge in [-0.05, 0) is 44.2 Å². The Morgan fingerprint density at radius 3 is 2.65 bits per heavy atom. The number of thiazole rings is 1. The number of hydrogen-bond donors (Lipinski definition) is 3. The predicted octanol–water partition coefficient (Wildman–Crippen LogP) is 3.58. The lowest BCUT2D eigenvalue weighted by Crippen LogP contribution is -2.40. The number of amides is 2. The van der Waals surface area contributed by atoms with Crippen molar-refractivity contribution < 1.29 is 4.79 Å². The lowest BCUT2D eigenvalue weighted by Gasteiger charge is -2.23. The Morgan fingerprint density at radius 2 is 1.90 bits per heavy atom. The van der Waals surface area contributed by atoms with Crippen LogP contribution in [0.15, 0.2) is 33.9 Å². The fourth-order valence-corrected chi connectivity index (χ4v) is 5.16. The smallest absolute Gasteiger partial charge is 0.328 e. The van der Waals surface area contributed by atoms with Crippen LogP contribution in [0, 0.1) is 0 Å². The van der Waals surface area contributed by atoms with Crippen LogP contribution < -0.4 is 21.9 Å². The Balaban J connectivity index is 0.000000152. The lowest BCUT2D eigenvalue weighted by atomic mass is 9.95. The van der Waals surface area contributed by atoms with E-state index in [0.29, 0.717) is 5.13 Å². The SMILES string of the molecule is CNC(=O)Nc1nc2ccccc2s1.O=c1[nH]c2c(c(=O)n1C1CCCCC1)CCC2. The minimum atomic E-state index is -0.246. The molecule has 0 radical (unpaired) electrons. The van der Waals surface area contributed by atoms with E-state index in [-0.39, 0.29) is 23.3 Å². The van der Waals surface area contributed by atoms with Crippen molar-refractivity contribution in [3.8, 4) is 0 Å². The zero-order valence-corrected chi connectivity index (χ0v) is 18.4. The van der Waals surface area contributed by atoms with Gasteiger partial charge in [-0.2, -0.15) is 0 Å². The molecule has 2 heterocycles. The van der Waals surface area contributed by atoms with Crippen molar-refractivity contribution in [2.75, 3.05) is 12.4 Å². The highest BCUT2D eigenvalue weighted by atomic mass is 32.1. The third kappa shape index (κ3) is 4.71. The molecular weight excluding hydrogens is 414 g/mol. The van der Waals surface area contributed by atoms with Gasteiger partial charge in [-0.15, -0.1) is 0 Å². The van der Waals surface area contributed by atoms with Crippen LogP contribution in [0.5, 0.6) is 0 Å². The van der Waals surface area contributed by atoms with Gasteiger partial charge in [0.2, 0.25) is 0 Å². The third-order valence-corrected chi connectivity index (χ3v) is 6.80. The largest absolute Gasteiger partial charge is 0.341 e. The maximum Gasteiger partial charge on any atom is 0.328 e. The molecule has 0 atom stereocenters. The number of nitrogens with one attached hydrogen (secondary N) is 3. The van der Waals surface area contributed by atoms with Gasteiger partial charge in [0.05, 0.1) is 10.2 Å². The highest BCUT2D eigenvalue weighted by Gasteiger charge is 2.24.